The fourth-order valence-corrected chi connectivity index (χ4v) is 4.23. The minimum Gasteiger partial charge on any atom is -0.383 e. The van der Waals surface area contributed by atoms with Crippen molar-refractivity contribution in [3.8, 4) is 11.1 Å². The van der Waals surface area contributed by atoms with Crippen LogP contribution in [-0.4, -0.2) is 81.0 Å². The average molecular weight is 396 g/mol. The summed E-state index contributed by atoms with van der Waals surface area (Å²) in [5.41, 5.74) is 5.43. The Morgan fingerprint density at radius 1 is 0.828 bits per heavy atom. The van der Waals surface area contributed by atoms with Crippen molar-refractivity contribution in [2.75, 3.05) is 66.3 Å². The molecule has 0 N–H and O–H groups in total. The molecule has 0 atom stereocenters. The molecule has 29 heavy (non-hydrogen) atoms. The van der Waals surface area contributed by atoms with E-state index in [1.165, 1.54) is 22.3 Å². The maximum absolute atomic E-state index is 5.49. The SMILES string of the molecule is COCCN1CCN(Cc2ccc(-c3ccccc3CN3CCOCC3)cc2)C1. The van der Waals surface area contributed by atoms with Crippen LogP contribution in [0.4, 0.5) is 0 Å². The number of rotatable bonds is 8. The fraction of sp³-hybridized carbons (Fsp3) is 0.500. The standard InChI is InChI=1S/C24H33N3O2/c1-28-15-12-26-10-11-27(20-26)18-21-6-8-22(9-7-21)24-5-3-2-4-23(24)19-25-13-16-29-17-14-25/h2-9H,10-20H2,1H3. The third-order valence-electron chi connectivity index (χ3n) is 5.93. The van der Waals surface area contributed by atoms with E-state index in [0.29, 0.717) is 0 Å². The van der Waals surface area contributed by atoms with Gasteiger partial charge in [0.15, 0.2) is 0 Å². The van der Waals surface area contributed by atoms with Gasteiger partial charge in [-0.2, -0.15) is 0 Å². The van der Waals surface area contributed by atoms with Gasteiger partial charge in [0.1, 0.15) is 0 Å². The second kappa shape index (κ2) is 10.3. The summed E-state index contributed by atoms with van der Waals surface area (Å²) < 4.78 is 10.7. The van der Waals surface area contributed by atoms with Gasteiger partial charge in [-0.3, -0.25) is 14.7 Å². The van der Waals surface area contributed by atoms with Gasteiger partial charge in [-0.1, -0.05) is 48.5 Å². The van der Waals surface area contributed by atoms with E-state index in [9.17, 15) is 0 Å². The van der Waals surface area contributed by atoms with Crippen LogP contribution in [-0.2, 0) is 22.6 Å². The molecule has 156 valence electrons. The van der Waals surface area contributed by atoms with Crippen molar-refractivity contribution in [1.29, 1.82) is 0 Å². The second-order valence-electron chi connectivity index (χ2n) is 8.05. The molecule has 0 saturated carbocycles. The number of benzene rings is 2. The van der Waals surface area contributed by atoms with Gasteiger partial charge in [0.25, 0.3) is 0 Å². The molecule has 2 fully saturated rings. The van der Waals surface area contributed by atoms with E-state index in [0.717, 1.165) is 72.3 Å². The van der Waals surface area contributed by atoms with Crippen LogP contribution in [0.2, 0.25) is 0 Å². The zero-order chi connectivity index (χ0) is 19.9. The molecule has 5 heteroatoms. The molecule has 0 unspecified atom stereocenters. The van der Waals surface area contributed by atoms with E-state index < -0.39 is 0 Å². The van der Waals surface area contributed by atoms with Crippen molar-refractivity contribution in [3.05, 3.63) is 59.7 Å². The first-order valence-corrected chi connectivity index (χ1v) is 10.7. The van der Waals surface area contributed by atoms with Crippen molar-refractivity contribution in [2.45, 2.75) is 13.1 Å². The Morgan fingerprint density at radius 2 is 1.59 bits per heavy atom. The van der Waals surface area contributed by atoms with Crippen LogP contribution >= 0.6 is 0 Å². The van der Waals surface area contributed by atoms with Crippen molar-refractivity contribution in [3.63, 3.8) is 0 Å². The first kappa shape index (κ1) is 20.5. The lowest BCUT2D eigenvalue weighted by molar-refractivity contribution is 0.0342. The Bertz CT molecular complexity index is 759. The first-order valence-electron chi connectivity index (χ1n) is 10.7. The van der Waals surface area contributed by atoms with E-state index in [2.05, 4.69) is 63.2 Å². The molecule has 0 radical (unpaired) electrons. The van der Waals surface area contributed by atoms with Crippen LogP contribution in [0.25, 0.3) is 11.1 Å². The summed E-state index contributed by atoms with van der Waals surface area (Å²) in [6.07, 6.45) is 0. The van der Waals surface area contributed by atoms with Gasteiger partial charge in [-0.25, -0.2) is 0 Å². The number of methoxy groups -OCH3 is 1. The quantitative estimate of drug-likeness (QED) is 0.685. The monoisotopic (exact) mass is 395 g/mol. The van der Waals surface area contributed by atoms with Crippen LogP contribution in [0.5, 0.6) is 0 Å². The highest BCUT2D eigenvalue weighted by Gasteiger charge is 2.19. The zero-order valence-corrected chi connectivity index (χ0v) is 17.6. The molecule has 2 aromatic carbocycles. The molecule has 2 saturated heterocycles. The number of nitrogens with zero attached hydrogens (tertiary/aromatic N) is 3. The molecule has 0 bridgehead atoms. The van der Waals surface area contributed by atoms with Crippen LogP contribution in [0.1, 0.15) is 11.1 Å². The lowest BCUT2D eigenvalue weighted by Crippen LogP contribution is -2.35. The molecule has 4 rings (SSSR count). The first-order chi connectivity index (χ1) is 14.3. The highest BCUT2D eigenvalue weighted by Crippen LogP contribution is 2.26. The lowest BCUT2D eigenvalue weighted by atomic mass is 9.98. The number of morpholine rings is 1. The van der Waals surface area contributed by atoms with Crippen molar-refractivity contribution >= 4 is 0 Å². The maximum atomic E-state index is 5.49. The van der Waals surface area contributed by atoms with E-state index in [4.69, 9.17) is 9.47 Å². The van der Waals surface area contributed by atoms with E-state index in [-0.39, 0.29) is 0 Å². The molecule has 5 nitrogen and oxygen atoms in total. The maximum Gasteiger partial charge on any atom is 0.0594 e. The van der Waals surface area contributed by atoms with Gasteiger partial charge in [-0.15, -0.1) is 0 Å². The smallest absolute Gasteiger partial charge is 0.0594 e. The van der Waals surface area contributed by atoms with Crippen molar-refractivity contribution in [2.24, 2.45) is 0 Å². The molecule has 2 aliphatic rings. The molecule has 2 aromatic rings. The molecule has 0 aliphatic carbocycles. The summed E-state index contributed by atoms with van der Waals surface area (Å²) in [6, 6.07) is 18.0. The number of hydrogen-bond acceptors (Lipinski definition) is 5. The molecular formula is C24H33N3O2. The van der Waals surface area contributed by atoms with Crippen LogP contribution in [0.3, 0.4) is 0 Å². The van der Waals surface area contributed by atoms with Crippen LogP contribution in [0, 0.1) is 0 Å². The Balaban J connectivity index is 1.38. The Kier molecular flexibility index (Phi) is 7.30. The van der Waals surface area contributed by atoms with Crippen molar-refractivity contribution < 1.29 is 9.47 Å². The molecule has 0 amide bonds. The molecule has 2 heterocycles. The minimum atomic E-state index is 0.812. The van der Waals surface area contributed by atoms with E-state index in [1.54, 1.807) is 7.11 Å². The third kappa shape index (κ3) is 5.65. The fourth-order valence-electron chi connectivity index (χ4n) is 4.23. The van der Waals surface area contributed by atoms with Gasteiger partial charge in [0.05, 0.1) is 26.5 Å². The zero-order valence-electron chi connectivity index (χ0n) is 17.6. The van der Waals surface area contributed by atoms with Gasteiger partial charge in [0.2, 0.25) is 0 Å². The largest absolute Gasteiger partial charge is 0.383 e. The lowest BCUT2D eigenvalue weighted by Gasteiger charge is -2.27. The Labute approximate surface area is 174 Å². The van der Waals surface area contributed by atoms with Gasteiger partial charge in [-0.05, 0) is 22.3 Å². The summed E-state index contributed by atoms with van der Waals surface area (Å²) in [5.74, 6) is 0. The summed E-state index contributed by atoms with van der Waals surface area (Å²) in [5, 5.41) is 0. The number of ether oxygens (including phenoxy) is 2. The molecular weight excluding hydrogens is 362 g/mol. The predicted molar refractivity (Wildman–Crippen MR) is 117 cm³/mol. The van der Waals surface area contributed by atoms with Crippen molar-refractivity contribution in [1.82, 2.24) is 14.7 Å². The van der Waals surface area contributed by atoms with Crippen LogP contribution < -0.4 is 0 Å². The third-order valence-corrected chi connectivity index (χ3v) is 5.93. The molecule has 2 aliphatic heterocycles. The summed E-state index contributed by atoms with van der Waals surface area (Å²) in [4.78, 5) is 7.45. The summed E-state index contributed by atoms with van der Waals surface area (Å²) in [7, 11) is 1.77. The van der Waals surface area contributed by atoms with E-state index in [1.807, 2.05) is 0 Å². The minimum absolute atomic E-state index is 0.812. The van der Waals surface area contributed by atoms with Crippen LogP contribution in [0.15, 0.2) is 48.5 Å². The molecule has 0 aromatic heterocycles. The summed E-state index contributed by atoms with van der Waals surface area (Å²) in [6.45, 7) is 10.9. The second-order valence-corrected chi connectivity index (χ2v) is 8.05. The highest BCUT2D eigenvalue weighted by molar-refractivity contribution is 5.67. The molecule has 0 spiro atoms. The normalized spacial score (nSPS) is 19.1. The topological polar surface area (TPSA) is 28.2 Å². The Morgan fingerprint density at radius 3 is 2.38 bits per heavy atom. The Hall–Kier alpha value is -1.76. The highest BCUT2D eigenvalue weighted by atomic mass is 16.5. The van der Waals surface area contributed by atoms with Gasteiger partial charge < -0.3 is 9.47 Å². The average Bonchev–Trinajstić information content (AvgIpc) is 3.21. The van der Waals surface area contributed by atoms with Gasteiger partial charge >= 0.3 is 0 Å². The summed E-state index contributed by atoms with van der Waals surface area (Å²) >= 11 is 0. The number of hydrogen-bond donors (Lipinski definition) is 0. The van der Waals surface area contributed by atoms with Gasteiger partial charge in [0, 0.05) is 52.9 Å². The van der Waals surface area contributed by atoms with E-state index >= 15 is 0 Å². The predicted octanol–water partition coefficient (Wildman–Crippen LogP) is 2.91.